The lowest BCUT2D eigenvalue weighted by molar-refractivity contribution is -0.138. The van der Waals surface area contributed by atoms with Gasteiger partial charge < -0.3 is 19.6 Å². The lowest BCUT2D eigenvalue weighted by atomic mass is 10.1. The largest absolute Gasteiger partial charge is 0.506 e. The van der Waals surface area contributed by atoms with Crippen molar-refractivity contribution in [1.29, 1.82) is 0 Å². The number of nitrogens with one attached hydrogen (secondary N) is 1. The van der Waals surface area contributed by atoms with Crippen LogP contribution in [0.3, 0.4) is 0 Å². The first-order valence-electron chi connectivity index (χ1n) is 7.53. The molecule has 1 aromatic heterocycles. The third kappa shape index (κ3) is 3.43. The van der Waals surface area contributed by atoms with Crippen molar-refractivity contribution in [2.24, 2.45) is 0 Å². The second-order valence-corrected chi connectivity index (χ2v) is 5.48. The first-order chi connectivity index (χ1) is 12.7. The Morgan fingerprint density at radius 1 is 1.19 bits per heavy atom. The number of carbonyl (C=O) groups is 1. The molecule has 0 aliphatic heterocycles. The first-order valence-corrected chi connectivity index (χ1v) is 7.53. The summed E-state index contributed by atoms with van der Waals surface area (Å²) in [5.41, 5.74) is -3.09. The molecule has 27 heavy (non-hydrogen) atoms. The van der Waals surface area contributed by atoms with Crippen molar-refractivity contribution in [3.63, 3.8) is 0 Å². The number of hydrogen-bond acceptors (Lipinski definition) is 5. The van der Waals surface area contributed by atoms with E-state index in [1.165, 1.54) is 18.2 Å². The summed E-state index contributed by atoms with van der Waals surface area (Å²) in [6.45, 7) is 0. The maximum atomic E-state index is 13.1. The number of alkyl halides is 3. The van der Waals surface area contributed by atoms with Crippen LogP contribution in [-0.4, -0.2) is 18.1 Å². The van der Waals surface area contributed by atoms with Crippen LogP contribution in [0.4, 0.5) is 18.9 Å². The molecule has 3 rings (SSSR count). The van der Waals surface area contributed by atoms with Crippen LogP contribution in [0.25, 0.3) is 11.0 Å². The zero-order valence-electron chi connectivity index (χ0n) is 13.8. The molecule has 1 amide bonds. The van der Waals surface area contributed by atoms with Crippen LogP contribution in [0, 0.1) is 0 Å². The molecule has 0 aliphatic rings. The summed E-state index contributed by atoms with van der Waals surface area (Å²) in [6, 6.07) is 8.85. The molecule has 0 radical (unpaired) electrons. The molecular formula is C18H12F3NO5. The molecular weight excluding hydrogens is 367 g/mol. The average Bonchev–Trinajstić information content (AvgIpc) is 2.61. The van der Waals surface area contributed by atoms with Crippen molar-refractivity contribution in [2.45, 2.75) is 6.18 Å². The van der Waals surface area contributed by atoms with Crippen LogP contribution in [-0.2, 0) is 6.18 Å². The fourth-order valence-corrected chi connectivity index (χ4v) is 2.53. The zero-order valence-corrected chi connectivity index (χ0v) is 13.8. The SMILES string of the molecule is COc1ccc(NC(=O)c2c(O)c3ccccc3oc2=O)cc1C(F)(F)F. The molecule has 2 N–H and O–H groups in total. The van der Waals surface area contributed by atoms with Gasteiger partial charge in [-0.3, -0.25) is 4.79 Å². The standard InChI is InChI=1S/C18H12F3NO5/c1-26-13-7-6-9(8-11(13)18(19,20)21)22-16(24)14-15(23)10-4-2-3-5-12(10)27-17(14)25/h2-8,23H,1H3,(H,22,24). The van der Waals surface area contributed by atoms with E-state index in [1.54, 1.807) is 12.1 Å². The molecule has 0 atom stereocenters. The molecule has 0 bridgehead atoms. The van der Waals surface area contributed by atoms with Crippen molar-refractivity contribution in [3.05, 3.63) is 64.0 Å². The molecule has 0 unspecified atom stereocenters. The van der Waals surface area contributed by atoms with Crippen LogP contribution in [0.1, 0.15) is 15.9 Å². The van der Waals surface area contributed by atoms with E-state index in [2.05, 4.69) is 10.1 Å². The number of benzene rings is 2. The van der Waals surface area contributed by atoms with E-state index in [4.69, 9.17) is 4.42 Å². The third-order valence-electron chi connectivity index (χ3n) is 3.78. The van der Waals surface area contributed by atoms with Crippen LogP contribution in [0.5, 0.6) is 11.5 Å². The molecule has 9 heteroatoms. The summed E-state index contributed by atoms with van der Waals surface area (Å²) >= 11 is 0. The zero-order chi connectivity index (χ0) is 19.8. The van der Waals surface area contributed by atoms with Crippen LogP contribution in [0.15, 0.2) is 51.7 Å². The molecule has 0 spiro atoms. The van der Waals surface area contributed by atoms with E-state index < -0.39 is 40.3 Å². The molecule has 6 nitrogen and oxygen atoms in total. The monoisotopic (exact) mass is 379 g/mol. The highest BCUT2D eigenvalue weighted by Gasteiger charge is 2.34. The van der Waals surface area contributed by atoms with E-state index in [1.807, 2.05) is 0 Å². The highest BCUT2D eigenvalue weighted by Crippen LogP contribution is 2.38. The second kappa shape index (κ2) is 6.67. The maximum absolute atomic E-state index is 13.1. The number of anilines is 1. The minimum absolute atomic E-state index is 0.0698. The first kappa shape index (κ1) is 18.3. The van der Waals surface area contributed by atoms with E-state index in [9.17, 15) is 27.9 Å². The van der Waals surface area contributed by atoms with Gasteiger partial charge in [0.15, 0.2) is 5.56 Å². The topological polar surface area (TPSA) is 88.8 Å². The van der Waals surface area contributed by atoms with Gasteiger partial charge in [-0.2, -0.15) is 13.2 Å². The van der Waals surface area contributed by atoms with E-state index in [0.29, 0.717) is 6.07 Å². The number of hydrogen-bond donors (Lipinski definition) is 2. The number of para-hydroxylation sites is 1. The molecule has 3 aromatic rings. The van der Waals surface area contributed by atoms with Gasteiger partial charge in [0, 0.05) is 5.69 Å². The summed E-state index contributed by atoms with van der Waals surface area (Å²) in [4.78, 5) is 24.4. The number of fused-ring (bicyclic) bond motifs is 1. The minimum Gasteiger partial charge on any atom is -0.506 e. The van der Waals surface area contributed by atoms with Gasteiger partial charge in [0.1, 0.15) is 17.1 Å². The van der Waals surface area contributed by atoms with Crippen molar-refractivity contribution < 1.29 is 32.2 Å². The molecule has 1 heterocycles. The minimum atomic E-state index is -4.71. The molecule has 0 saturated heterocycles. The van der Waals surface area contributed by atoms with E-state index >= 15 is 0 Å². The lowest BCUT2D eigenvalue weighted by Crippen LogP contribution is -2.21. The highest BCUT2D eigenvalue weighted by molar-refractivity contribution is 6.08. The average molecular weight is 379 g/mol. The van der Waals surface area contributed by atoms with Gasteiger partial charge >= 0.3 is 11.8 Å². The fourth-order valence-electron chi connectivity index (χ4n) is 2.53. The lowest BCUT2D eigenvalue weighted by Gasteiger charge is -2.14. The number of halogens is 3. The third-order valence-corrected chi connectivity index (χ3v) is 3.78. The molecule has 0 aliphatic carbocycles. The molecule has 0 saturated carbocycles. The fraction of sp³-hybridized carbons (Fsp3) is 0.111. The Morgan fingerprint density at radius 2 is 1.89 bits per heavy atom. The van der Waals surface area contributed by atoms with Crippen molar-refractivity contribution in [3.8, 4) is 11.5 Å². The van der Waals surface area contributed by atoms with Crippen LogP contribution < -0.4 is 15.7 Å². The van der Waals surface area contributed by atoms with Crippen molar-refractivity contribution >= 4 is 22.6 Å². The number of rotatable bonds is 3. The van der Waals surface area contributed by atoms with E-state index in [-0.39, 0.29) is 16.7 Å². The van der Waals surface area contributed by atoms with Crippen LogP contribution >= 0.6 is 0 Å². The Labute approximate surface area is 149 Å². The van der Waals surface area contributed by atoms with E-state index in [0.717, 1.165) is 13.2 Å². The van der Waals surface area contributed by atoms with Gasteiger partial charge in [0.2, 0.25) is 0 Å². The van der Waals surface area contributed by atoms with Gasteiger partial charge in [-0.05, 0) is 30.3 Å². The van der Waals surface area contributed by atoms with Gasteiger partial charge in [0.05, 0.1) is 18.1 Å². The Balaban J connectivity index is 2.02. The van der Waals surface area contributed by atoms with Crippen molar-refractivity contribution in [2.75, 3.05) is 12.4 Å². The molecule has 0 fully saturated rings. The van der Waals surface area contributed by atoms with Crippen LogP contribution in [0.2, 0.25) is 0 Å². The number of amides is 1. The van der Waals surface area contributed by atoms with Crippen molar-refractivity contribution in [1.82, 2.24) is 0 Å². The maximum Gasteiger partial charge on any atom is 0.420 e. The molecule has 140 valence electrons. The Bertz CT molecular complexity index is 1090. The number of methoxy groups -OCH3 is 1. The predicted octanol–water partition coefficient (Wildman–Crippen LogP) is 3.78. The normalized spacial score (nSPS) is 11.4. The predicted molar refractivity (Wildman–Crippen MR) is 90.1 cm³/mol. The van der Waals surface area contributed by atoms with Gasteiger partial charge in [0.25, 0.3) is 5.91 Å². The Morgan fingerprint density at radius 3 is 2.56 bits per heavy atom. The summed E-state index contributed by atoms with van der Waals surface area (Å²) in [5, 5.41) is 12.5. The van der Waals surface area contributed by atoms with Gasteiger partial charge in [-0.1, -0.05) is 12.1 Å². The quantitative estimate of drug-likeness (QED) is 0.676. The number of ether oxygens (including phenoxy) is 1. The van der Waals surface area contributed by atoms with Gasteiger partial charge in [-0.25, -0.2) is 4.79 Å². The van der Waals surface area contributed by atoms with Gasteiger partial charge in [-0.15, -0.1) is 0 Å². The summed E-state index contributed by atoms with van der Waals surface area (Å²) < 4.78 is 48.9. The number of carbonyl (C=O) groups excluding carboxylic acids is 1. The summed E-state index contributed by atoms with van der Waals surface area (Å²) in [6.07, 6.45) is -4.71. The molecule has 2 aromatic carbocycles. The second-order valence-electron chi connectivity index (χ2n) is 5.48. The number of aromatic hydroxyl groups is 1. The summed E-state index contributed by atoms with van der Waals surface area (Å²) in [5.74, 6) is -2.15. The highest BCUT2D eigenvalue weighted by atomic mass is 19.4. The smallest absolute Gasteiger partial charge is 0.420 e. The Kier molecular flexibility index (Phi) is 4.52. The summed E-state index contributed by atoms with van der Waals surface area (Å²) in [7, 11) is 1.08. The Hall–Kier alpha value is -3.49.